The number of hydrogen-bond donors (Lipinski definition) is 1. The number of hydrogen-bond acceptors (Lipinski definition) is 2. The second-order valence-electron chi connectivity index (χ2n) is 5.12. The first-order chi connectivity index (χ1) is 10.6. The van der Waals surface area contributed by atoms with E-state index in [1.54, 1.807) is 7.11 Å². The van der Waals surface area contributed by atoms with Crippen LogP contribution in [-0.2, 0) is 11.2 Å². The van der Waals surface area contributed by atoms with Crippen molar-refractivity contribution in [3.05, 3.63) is 64.7 Å². The third-order valence-corrected chi connectivity index (χ3v) is 3.93. The predicted octanol–water partition coefficient (Wildman–Crippen LogP) is 4.16. The summed E-state index contributed by atoms with van der Waals surface area (Å²) in [4.78, 5) is 12.1. The Morgan fingerprint density at radius 2 is 1.86 bits per heavy atom. The summed E-state index contributed by atoms with van der Waals surface area (Å²) in [7, 11) is 1.63. The van der Waals surface area contributed by atoms with Gasteiger partial charge in [-0.3, -0.25) is 4.79 Å². The van der Waals surface area contributed by atoms with E-state index in [4.69, 9.17) is 16.3 Å². The second-order valence-corrected chi connectivity index (χ2v) is 5.53. The van der Waals surface area contributed by atoms with Crippen molar-refractivity contribution in [3.63, 3.8) is 0 Å². The molecule has 0 spiro atoms. The average Bonchev–Trinajstić information content (AvgIpc) is 2.54. The number of para-hydroxylation sites is 1. The molecule has 0 aliphatic rings. The smallest absolute Gasteiger partial charge is 0.220 e. The van der Waals surface area contributed by atoms with E-state index in [0.717, 1.165) is 16.9 Å². The molecule has 3 nitrogen and oxygen atoms in total. The molecule has 0 radical (unpaired) electrons. The van der Waals surface area contributed by atoms with Crippen LogP contribution in [0.3, 0.4) is 0 Å². The fourth-order valence-electron chi connectivity index (χ4n) is 2.36. The minimum atomic E-state index is -0.102. The van der Waals surface area contributed by atoms with Gasteiger partial charge in [0.05, 0.1) is 13.2 Å². The standard InChI is InChI=1S/C18H20ClNO2/c1-13(15-8-4-6-10-17(15)22-2)20-18(21)12-11-14-7-3-5-9-16(14)19/h3-10,13H,11-12H2,1-2H3,(H,20,21). The topological polar surface area (TPSA) is 38.3 Å². The molecule has 1 N–H and O–H groups in total. The van der Waals surface area contributed by atoms with Crippen LogP contribution in [-0.4, -0.2) is 13.0 Å². The Balaban J connectivity index is 1.93. The lowest BCUT2D eigenvalue weighted by atomic mass is 10.1. The van der Waals surface area contributed by atoms with Crippen molar-refractivity contribution in [2.75, 3.05) is 7.11 Å². The summed E-state index contributed by atoms with van der Waals surface area (Å²) in [6, 6.07) is 15.2. The summed E-state index contributed by atoms with van der Waals surface area (Å²) < 4.78 is 5.32. The lowest BCUT2D eigenvalue weighted by molar-refractivity contribution is -0.121. The molecule has 0 aromatic heterocycles. The summed E-state index contributed by atoms with van der Waals surface area (Å²) >= 11 is 6.10. The van der Waals surface area contributed by atoms with E-state index in [0.29, 0.717) is 17.9 Å². The van der Waals surface area contributed by atoms with Crippen molar-refractivity contribution in [1.29, 1.82) is 0 Å². The number of methoxy groups -OCH3 is 1. The molecule has 2 rings (SSSR count). The van der Waals surface area contributed by atoms with Crippen LogP contribution in [0, 0.1) is 0 Å². The molecule has 0 bridgehead atoms. The molecule has 0 saturated carbocycles. The van der Waals surface area contributed by atoms with Gasteiger partial charge in [-0.05, 0) is 31.0 Å². The number of rotatable bonds is 6. The first-order valence-corrected chi connectivity index (χ1v) is 7.65. The van der Waals surface area contributed by atoms with Crippen LogP contribution in [0.1, 0.15) is 30.5 Å². The minimum absolute atomic E-state index is 0.00155. The van der Waals surface area contributed by atoms with Gasteiger partial charge in [0.1, 0.15) is 5.75 Å². The maximum absolute atomic E-state index is 12.1. The second kappa shape index (κ2) is 7.85. The Morgan fingerprint density at radius 3 is 2.59 bits per heavy atom. The zero-order chi connectivity index (χ0) is 15.9. The Morgan fingerprint density at radius 1 is 1.18 bits per heavy atom. The van der Waals surface area contributed by atoms with Crippen LogP contribution in [0.5, 0.6) is 5.75 Å². The molecule has 0 aliphatic carbocycles. The van der Waals surface area contributed by atoms with Gasteiger partial charge in [0.2, 0.25) is 5.91 Å². The van der Waals surface area contributed by atoms with Crippen molar-refractivity contribution >= 4 is 17.5 Å². The minimum Gasteiger partial charge on any atom is -0.496 e. The van der Waals surface area contributed by atoms with Gasteiger partial charge in [-0.25, -0.2) is 0 Å². The van der Waals surface area contributed by atoms with E-state index in [1.165, 1.54) is 0 Å². The number of carbonyl (C=O) groups excluding carboxylic acids is 1. The maximum atomic E-state index is 12.1. The number of amides is 1. The molecule has 1 atom stereocenters. The van der Waals surface area contributed by atoms with E-state index in [2.05, 4.69) is 5.32 Å². The first-order valence-electron chi connectivity index (χ1n) is 7.27. The fraction of sp³-hybridized carbons (Fsp3) is 0.278. The van der Waals surface area contributed by atoms with Gasteiger partial charge in [-0.15, -0.1) is 0 Å². The van der Waals surface area contributed by atoms with Crippen molar-refractivity contribution in [3.8, 4) is 5.75 Å². The number of halogens is 1. The van der Waals surface area contributed by atoms with Crippen LogP contribution in [0.15, 0.2) is 48.5 Å². The molecule has 2 aromatic carbocycles. The average molecular weight is 318 g/mol. The molecular weight excluding hydrogens is 298 g/mol. The Hall–Kier alpha value is -2.00. The summed E-state index contributed by atoms with van der Waals surface area (Å²) in [5.41, 5.74) is 1.96. The summed E-state index contributed by atoms with van der Waals surface area (Å²) in [6.07, 6.45) is 1.04. The van der Waals surface area contributed by atoms with Crippen LogP contribution >= 0.6 is 11.6 Å². The zero-order valence-corrected chi connectivity index (χ0v) is 13.6. The van der Waals surface area contributed by atoms with Gasteiger partial charge >= 0.3 is 0 Å². The van der Waals surface area contributed by atoms with Gasteiger partial charge in [-0.2, -0.15) is 0 Å². The number of benzene rings is 2. The first kappa shape index (κ1) is 16.4. The van der Waals surface area contributed by atoms with E-state index in [9.17, 15) is 4.79 Å². The van der Waals surface area contributed by atoms with Crippen molar-refractivity contribution in [1.82, 2.24) is 5.32 Å². The Kier molecular flexibility index (Phi) is 5.84. The number of ether oxygens (including phenoxy) is 1. The highest BCUT2D eigenvalue weighted by atomic mass is 35.5. The summed E-state index contributed by atoms with van der Waals surface area (Å²) in [5.74, 6) is 0.778. The van der Waals surface area contributed by atoms with E-state index in [1.807, 2.05) is 55.5 Å². The molecule has 116 valence electrons. The highest BCUT2D eigenvalue weighted by Crippen LogP contribution is 2.24. The molecule has 4 heteroatoms. The molecule has 0 heterocycles. The molecule has 0 fully saturated rings. The molecule has 2 aromatic rings. The zero-order valence-electron chi connectivity index (χ0n) is 12.8. The van der Waals surface area contributed by atoms with Crippen molar-refractivity contribution < 1.29 is 9.53 Å². The monoisotopic (exact) mass is 317 g/mol. The van der Waals surface area contributed by atoms with E-state index < -0.39 is 0 Å². The normalized spacial score (nSPS) is 11.8. The van der Waals surface area contributed by atoms with E-state index in [-0.39, 0.29) is 11.9 Å². The third kappa shape index (κ3) is 4.25. The van der Waals surface area contributed by atoms with Gasteiger partial charge in [0.15, 0.2) is 0 Å². The highest BCUT2D eigenvalue weighted by Gasteiger charge is 2.13. The maximum Gasteiger partial charge on any atom is 0.220 e. The number of nitrogens with one attached hydrogen (secondary N) is 1. The van der Waals surface area contributed by atoms with Crippen molar-refractivity contribution in [2.24, 2.45) is 0 Å². The molecule has 1 amide bonds. The fourth-order valence-corrected chi connectivity index (χ4v) is 2.60. The van der Waals surface area contributed by atoms with Crippen LogP contribution in [0.2, 0.25) is 5.02 Å². The number of aryl methyl sites for hydroxylation is 1. The predicted molar refractivity (Wildman–Crippen MR) is 89.3 cm³/mol. The molecular formula is C18H20ClNO2. The van der Waals surface area contributed by atoms with Gasteiger partial charge in [-0.1, -0.05) is 48.0 Å². The van der Waals surface area contributed by atoms with Gasteiger partial charge in [0, 0.05) is 17.0 Å². The largest absolute Gasteiger partial charge is 0.496 e. The highest BCUT2D eigenvalue weighted by molar-refractivity contribution is 6.31. The van der Waals surface area contributed by atoms with Crippen LogP contribution in [0.4, 0.5) is 0 Å². The third-order valence-electron chi connectivity index (χ3n) is 3.56. The molecule has 0 aliphatic heterocycles. The molecule has 22 heavy (non-hydrogen) atoms. The molecule has 1 unspecified atom stereocenters. The van der Waals surface area contributed by atoms with Crippen molar-refractivity contribution in [2.45, 2.75) is 25.8 Å². The van der Waals surface area contributed by atoms with Gasteiger partial charge < -0.3 is 10.1 Å². The summed E-state index contributed by atoms with van der Waals surface area (Å²) in [6.45, 7) is 1.95. The van der Waals surface area contributed by atoms with Gasteiger partial charge in [0.25, 0.3) is 0 Å². The van der Waals surface area contributed by atoms with E-state index >= 15 is 0 Å². The van der Waals surface area contributed by atoms with Crippen LogP contribution in [0.25, 0.3) is 0 Å². The quantitative estimate of drug-likeness (QED) is 0.868. The molecule has 0 saturated heterocycles. The van der Waals surface area contributed by atoms with Crippen LogP contribution < -0.4 is 10.1 Å². The number of carbonyl (C=O) groups is 1. The SMILES string of the molecule is COc1ccccc1C(C)NC(=O)CCc1ccccc1Cl. The Bertz CT molecular complexity index is 642. The lowest BCUT2D eigenvalue weighted by Crippen LogP contribution is -2.27. The lowest BCUT2D eigenvalue weighted by Gasteiger charge is -2.17. The summed E-state index contributed by atoms with van der Waals surface area (Å²) in [5, 5.41) is 3.70. The Labute approximate surface area is 136 Å².